The van der Waals surface area contributed by atoms with Gasteiger partial charge in [-0.15, -0.1) is 6.58 Å². The Hall–Kier alpha value is -1.88. The van der Waals surface area contributed by atoms with Crippen LogP contribution >= 0.6 is 0 Å². The third-order valence-electron chi connectivity index (χ3n) is 2.68. The van der Waals surface area contributed by atoms with Crippen LogP contribution in [0.2, 0.25) is 0 Å². The molecule has 0 heterocycles. The molecule has 0 aliphatic carbocycles. The number of ether oxygens (including phenoxy) is 1. The lowest BCUT2D eigenvalue weighted by atomic mass is 10.2. The molecule has 0 fully saturated rings. The van der Waals surface area contributed by atoms with E-state index in [9.17, 15) is 9.18 Å². The highest BCUT2D eigenvalue weighted by molar-refractivity contribution is 5.80. The van der Waals surface area contributed by atoms with Crippen LogP contribution in [0, 0.1) is 5.82 Å². The van der Waals surface area contributed by atoms with Crippen molar-refractivity contribution in [2.45, 2.75) is 26.5 Å². The minimum atomic E-state index is -0.652. The van der Waals surface area contributed by atoms with Gasteiger partial charge < -0.3 is 15.4 Å². The van der Waals surface area contributed by atoms with Crippen molar-refractivity contribution in [2.24, 2.45) is 0 Å². The molecule has 1 rings (SSSR count). The molecule has 0 saturated carbocycles. The van der Waals surface area contributed by atoms with E-state index >= 15 is 0 Å². The summed E-state index contributed by atoms with van der Waals surface area (Å²) in [7, 11) is 0. The lowest BCUT2D eigenvalue weighted by Crippen LogP contribution is -2.36. The Morgan fingerprint density at radius 3 is 2.95 bits per heavy atom. The molecule has 4 nitrogen and oxygen atoms in total. The molecule has 5 heteroatoms. The van der Waals surface area contributed by atoms with Crippen molar-refractivity contribution < 1.29 is 13.9 Å². The first-order valence-corrected chi connectivity index (χ1v) is 6.62. The number of halogens is 1. The number of nitrogens with one attached hydrogen (secondary N) is 2. The van der Waals surface area contributed by atoms with Gasteiger partial charge in [-0.3, -0.25) is 4.79 Å². The van der Waals surface area contributed by atoms with Crippen LogP contribution in [0.1, 0.15) is 19.4 Å². The normalized spacial score (nSPS) is 11.8. The number of carbonyl (C=O) groups is 1. The van der Waals surface area contributed by atoms with Crippen LogP contribution in [0.15, 0.2) is 30.9 Å². The van der Waals surface area contributed by atoms with E-state index in [4.69, 9.17) is 4.74 Å². The zero-order chi connectivity index (χ0) is 15.0. The van der Waals surface area contributed by atoms with Gasteiger partial charge in [0.2, 0.25) is 0 Å². The van der Waals surface area contributed by atoms with E-state index in [-0.39, 0.29) is 11.7 Å². The zero-order valence-electron chi connectivity index (χ0n) is 11.9. The Labute approximate surface area is 119 Å². The minimum Gasteiger partial charge on any atom is -0.481 e. The highest BCUT2D eigenvalue weighted by atomic mass is 19.1. The van der Waals surface area contributed by atoms with Crippen molar-refractivity contribution in [3.05, 3.63) is 42.2 Å². The largest absolute Gasteiger partial charge is 0.481 e. The van der Waals surface area contributed by atoms with Crippen LogP contribution in [-0.2, 0) is 11.3 Å². The Kier molecular flexibility index (Phi) is 6.73. The van der Waals surface area contributed by atoms with Crippen LogP contribution in [0.4, 0.5) is 4.39 Å². The molecule has 20 heavy (non-hydrogen) atoms. The third kappa shape index (κ3) is 5.01. The van der Waals surface area contributed by atoms with Crippen molar-refractivity contribution in [2.75, 3.05) is 13.1 Å². The Bertz CT molecular complexity index is 463. The van der Waals surface area contributed by atoms with Crippen molar-refractivity contribution in [1.82, 2.24) is 10.6 Å². The predicted octanol–water partition coefficient (Wildman–Crippen LogP) is 2.00. The molecule has 0 aliphatic heterocycles. The van der Waals surface area contributed by atoms with Crippen LogP contribution in [0.25, 0.3) is 0 Å². The van der Waals surface area contributed by atoms with E-state index in [1.54, 1.807) is 19.1 Å². The zero-order valence-corrected chi connectivity index (χ0v) is 11.9. The van der Waals surface area contributed by atoms with E-state index in [0.29, 0.717) is 24.4 Å². The van der Waals surface area contributed by atoms with E-state index < -0.39 is 6.10 Å². The second-order valence-electron chi connectivity index (χ2n) is 4.33. The summed E-state index contributed by atoms with van der Waals surface area (Å²) in [6, 6.07) is 4.27. The van der Waals surface area contributed by atoms with E-state index in [2.05, 4.69) is 17.2 Å². The summed E-state index contributed by atoms with van der Waals surface area (Å²) in [5.41, 5.74) is 0.690. The molecule has 110 valence electrons. The van der Waals surface area contributed by atoms with Crippen LogP contribution in [-0.4, -0.2) is 25.1 Å². The van der Waals surface area contributed by atoms with Gasteiger partial charge in [-0.05, 0) is 31.7 Å². The molecule has 1 atom stereocenters. The molecule has 1 aromatic rings. The summed E-state index contributed by atoms with van der Waals surface area (Å²) in [5.74, 6) is -0.0498. The minimum absolute atomic E-state index is 0.233. The fourth-order valence-corrected chi connectivity index (χ4v) is 1.62. The van der Waals surface area contributed by atoms with E-state index in [1.165, 1.54) is 12.1 Å². The molecular weight excluding hydrogens is 259 g/mol. The maximum atomic E-state index is 13.3. The average molecular weight is 280 g/mol. The molecule has 0 saturated heterocycles. The van der Waals surface area contributed by atoms with Gasteiger partial charge in [-0.25, -0.2) is 4.39 Å². The summed E-state index contributed by atoms with van der Waals surface area (Å²) < 4.78 is 18.9. The maximum absolute atomic E-state index is 13.3. The predicted molar refractivity (Wildman–Crippen MR) is 77.1 cm³/mol. The fourth-order valence-electron chi connectivity index (χ4n) is 1.62. The number of hydrogen-bond acceptors (Lipinski definition) is 3. The summed E-state index contributed by atoms with van der Waals surface area (Å²) in [6.45, 7) is 8.79. The van der Waals surface area contributed by atoms with Gasteiger partial charge in [0.25, 0.3) is 5.91 Å². The van der Waals surface area contributed by atoms with Crippen LogP contribution < -0.4 is 15.4 Å². The molecule has 2 N–H and O–H groups in total. The first-order chi connectivity index (χ1) is 9.58. The van der Waals surface area contributed by atoms with Gasteiger partial charge in [-0.2, -0.15) is 0 Å². The summed E-state index contributed by atoms with van der Waals surface area (Å²) >= 11 is 0. The smallest absolute Gasteiger partial charge is 0.261 e. The molecule has 0 aliphatic rings. The van der Waals surface area contributed by atoms with E-state index in [1.807, 2.05) is 6.92 Å². The monoisotopic (exact) mass is 280 g/mol. The Balaban J connectivity index is 2.74. The van der Waals surface area contributed by atoms with Gasteiger partial charge in [0.1, 0.15) is 11.6 Å². The lowest BCUT2D eigenvalue weighted by Gasteiger charge is -2.17. The topological polar surface area (TPSA) is 50.4 Å². The summed E-state index contributed by atoms with van der Waals surface area (Å²) in [6.07, 6.45) is 0.944. The molecular formula is C15H21FN2O2. The number of hydrogen-bond donors (Lipinski definition) is 2. The first-order valence-electron chi connectivity index (χ1n) is 6.62. The molecule has 1 unspecified atom stereocenters. The standard InChI is InChI=1S/C15H21FN2O2/c1-4-8-18-15(19)11(3)20-14-7-6-13(16)9-12(14)10-17-5-2/h4,6-7,9,11,17H,1,5,8,10H2,2-3H3,(H,18,19). The van der Waals surface area contributed by atoms with Crippen LogP contribution in [0.3, 0.4) is 0 Å². The number of carbonyl (C=O) groups excluding carboxylic acids is 1. The molecule has 0 aromatic heterocycles. The number of amides is 1. The van der Waals surface area contributed by atoms with Crippen molar-refractivity contribution in [3.8, 4) is 5.75 Å². The molecule has 1 amide bonds. The SMILES string of the molecule is C=CCNC(=O)C(C)Oc1ccc(F)cc1CNCC. The Morgan fingerprint density at radius 2 is 2.30 bits per heavy atom. The second-order valence-corrected chi connectivity index (χ2v) is 4.33. The van der Waals surface area contributed by atoms with Gasteiger partial charge in [0.15, 0.2) is 6.10 Å². The van der Waals surface area contributed by atoms with Crippen molar-refractivity contribution in [1.29, 1.82) is 0 Å². The molecule has 1 aromatic carbocycles. The number of rotatable bonds is 8. The highest BCUT2D eigenvalue weighted by Crippen LogP contribution is 2.21. The average Bonchev–Trinajstić information content (AvgIpc) is 2.44. The highest BCUT2D eigenvalue weighted by Gasteiger charge is 2.15. The molecule has 0 radical (unpaired) electrons. The van der Waals surface area contributed by atoms with Gasteiger partial charge in [-0.1, -0.05) is 13.0 Å². The molecule has 0 spiro atoms. The fraction of sp³-hybridized carbons (Fsp3) is 0.400. The lowest BCUT2D eigenvalue weighted by molar-refractivity contribution is -0.127. The molecule has 0 bridgehead atoms. The van der Waals surface area contributed by atoms with Crippen molar-refractivity contribution >= 4 is 5.91 Å². The quantitative estimate of drug-likeness (QED) is 0.716. The second kappa shape index (κ2) is 8.32. The maximum Gasteiger partial charge on any atom is 0.261 e. The third-order valence-corrected chi connectivity index (χ3v) is 2.68. The number of benzene rings is 1. The van der Waals surface area contributed by atoms with Gasteiger partial charge in [0.05, 0.1) is 0 Å². The van der Waals surface area contributed by atoms with Crippen LogP contribution in [0.5, 0.6) is 5.75 Å². The van der Waals surface area contributed by atoms with E-state index in [0.717, 1.165) is 6.54 Å². The summed E-state index contributed by atoms with van der Waals surface area (Å²) in [4.78, 5) is 11.7. The first kappa shape index (κ1) is 16.2. The Morgan fingerprint density at radius 1 is 1.55 bits per heavy atom. The van der Waals surface area contributed by atoms with Gasteiger partial charge in [0, 0.05) is 18.7 Å². The van der Waals surface area contributed by atoms with Gasteiger partial charge >= 0.3 is 0 Å². The summed E-state index contributed by atoms with van der Waals surface area (Å²) in [5, 5.41) is 5.76. The van der Waals surface area contributed by atoms with Crippen molar-refractivity contribution in [3.63, 3.8) is 0 Å².